The van der Waals surface area contributed by atoms with E-state index in [-0.39, 0.29) is 12.6 Å². The number of rotatable bonds is 2. The smallest absolute Gasteiger partial charge is 0.148 e. The third-order valence-electron chi connectivity index (χ3n) is 2.30. The lowest BCUT2D eigenvalue weighted by Crippen LogP contribution is -2.48. The molecule has 0 saturated carbocycles. The van der Waals surface area contributed by atoms with Crippen molar-refractivity contribution in [3.63, 3.8) is 0 Å². The van der Waals surface area contributed by atoms with Gasteiger partial charge in [0.2, 0.25) is 0 Å². The van der Waals surface area contributed by atoms with Crippen LogP contribution in [-0.4, -0.2) is 24.7 Å². The Hall–Kier alpha value is -0.100. The molecule has 1 aromatic heterocycles. The first-order chi connectivity index (χ1) is 6.72. The highest BCUT2D eigenvalue weighted by Crippen LogP contribution is 2.32. The van der Waals surface area contributed by atoms with Crippen molar-refractivity contribution >= 4 is 40.0 Å². The maximum atomic E-state index is 12.2. The molecule has 0 spiro atoms. The summed E-state index contributed by atoms with van der Waals surface area (Å²) in [6.45, 7) is 1.20. The predicted octanol–water partition coefficient (Wildman–Crippen LogP) is 2.75. The van der Waals surface area contributed by atoms with Gasteiger partial charge >= 0.3 is 0 Å². The highest BCUT2D eigenvalue weighted by molar-refractivity contribution is 14.1. The molecule has 1 fully saturated rings. The number of halogens is 3. The van der Waals surface area contributed by atoms with Crippen molar-refractivity contribution in [1.82, 2.24) is 4.98 Å². The standard InChI is InChI=1S/C9H9ClFIN2/c10-8-7(12)1-2-13-9(8)14-4-6(3-11)5-14/h1-2,6H,3-5H2. The zero-order chi connectivity index (χ0) is 10.1. The molecule has 0 radical (unpaired) electrons. The summed E-state index contributed by atoms with van der Waals surface area (Å²) in [5, 5.41) is 0.672. The molecule has 0 aromatic carbocycles. The Morgan fingerprint density at radius 3 is 3.00 bits per heavy atom. The molecule has 0 atom stereocenters. The molecule has 2 nitrogen and oxygen atoms in total. The van der Waals surface area contributed by atoms with Crippen molar-refractivity contribution in [3.8, 4) is 0 Å². The van der Waals surface area contributed by atoms with E-state index in [0.29, 0.717) is 5.02 Å². The largest absolute Gasteiger partial charge is 0.354 e. The van der Waals surface area contributed by atoms with Crippen LogP contribution in [0, 0.1) is 9.49 Å². The second-order valence-electron chi connectivity index (χ2n) is 3.36. The van der Waals surface area contributed by atoms with Gasteiger partial charge in [0.25, 0.3) is 0 Å². The van der Waals surface area contributed by atoms with E-state index in [2.05, 4.69) is 27.6 Å². The molecule has 0 amide bonds. The van der Waals surface area contributed by atoms with E-state index >= 15 is 0 Å². The van der Waals surface area contributed by atoms with E-state index in [9.17, 15) is 4.39 Å². The first-order valence-electron chi connectivity index (χ1n) is 4.33. The van der Waals surface area contributed by atoms with Crippen LogP contribution >= 0.6 is 34.2 Å². The van der Waals surface area contributed by atoms with Crippen molar-refractivity contribution in [3.05, 3.63) is 20.9 Å². The third kappa shape index (κ3) is 1.82. The van der Waals surface area contributed by atoms with E-state index < -0.39 is 0 Å². The summed E-state index contributed by atoms with van der Waals surface area (Å²) < 4.78 is 13.2. The fourth-order valence-corrected chi connectivity index (χ4v) is 2.10. The first-order valence-corrected chi connectivity index (χ1v) is 5.79. The molecule has 1 saturated heterocycles. The Balaban J connectivity index is 2.14. The number of nitrogens with zero attached hydrogens (tertiary/aromatic N) is 2. The van der Waals surface area contributed by atoms with Crippen LogP contribution in [0.25, 0.3) is 0 Å². The maximum Gasteiger partial charge on any atom is 0.148 e. The van der Waals surface area contributed by atoms with E-state index in [1.165, 1.54) is 0 Å². The molecule has 0 N–H and O–H groups in total. The maximum absolute atomic E-state index is 12.2. The molecule has 0 unspecified atom stereocenters. The average Bonchev–Trinajstić information content (AvgIpc) is 2.10. The molecule has 5 heteroatoms. The highest BCUT2D eigenvalue weighted by atomic mass is 127. The minimum atomic E-state index is -0.252. The minimum Gasteiger partial charge on any atom is -0.354 e. The van der Waals surface area contributed by atoms with Gasteiger partial charge < -0.3 is 4.90 Å². The molecule has 1 aliphatic heterocycles. The van der Waals surface area contributed by atoms with Crippen molar-refractivity contribution in [2.75, 3.05) is 24.7 Å². The fourth-order valence-electron chi connectivity index (χ4n) is 1.47. The zero-order valence-corrected chi connectivity index (χ0v) is 10.3. The minimum absolute atomic E-state index is 0.158. The molecule has 2 heterocycles. The summed E-state index contributed by atoms with van der Waals surface area (Å²) in [5.74, 6) is 0.939. The third-order valence-corrected chi connectivity index (χ3v) is 3.89. The zero-order valence-electron chi connectivity index (χ0n) is 7.38. The van der Waals surface area contributed by atoms with Gasteiger partial charge in [0.15, 0.2) is 0 Å². The van der Waals surface area contributed by atoms with Crippen LogP contribution in [0.5, 0.6) is 0 Å². The van der Waals surface area contributed by atoms with Crippen LogP contribution in [-0.2, 0) is 0 Å². The molecular formula is C9H9ClFIN2. The Kier molecular flexibility index (Phi) is 3.11. The van der Waals surface area contributed by atoms with Crippen molar-refractivity contribution < 1.29 is 4.39 Å². The highest BCUT2D eigenvalue weighted by Gasteiger charge is 2.29. The van der Waals surface area contributed by atoms with Crippen molar-refractivity contribution in [2.45, 2.75) is 0 Å². The topological polar surface area (TPSA) is 16.1 Å². The van der Waals surface area contributed by atoms with Crippen LogP contribution in [0.15, 0.2) is 12.3 Å². The lowest BCUT2D eigenvalue weighted by Gasteiger charge is -2.39. The number of hydrogen-bond donors (Lipinski definition) is 0. The molecule has 1 aromatic rings. The number of alkyl halides is 1. The normalized spacial score (nSPS) is 16.9. The van der Waals surface area contributed by atoms with Gasteiger partial charge in [-0.25, -0.2) is 4.98 Å². The Labute approximate surface area is 101 Å². The Morgan fingerprint density at radius 1 is 1.64 bits per heavy atom. The van der Waals surface area contributed by atoms with Gasteiger partial charge in [-0.15, -0.1) is 0 Å². The van der Waals surface area contributed by atoms with Crippen molar-refractivity contribution in [2.24, 2.45) is 5.92 Å². The second kappa shape index (κ2) is 4.18. The number of hydrogen-bond acceptors (Lipinski definition) is 2. The summed E-state index contributed by atoms with van der Waals surface area (Å²) in [5.41, 5.74) is 0. The number of anilines is 1. The van der Waals surface area contributed by atoms with Gasteiger partial charge in [0.05, 0.1) is 11.7 Å². The van der Waals surface area contributed by atoms with Gasteiger partial charge in [-0.2, -0.15) is 0 Å². The fraction of sp³-hybridized carbons (Fsp3) is 0.444. The Bertz CT molecular complexity index is 342. The van der Waals surface area contributed by atoms with Crippen LogP contribution in [0.3, 0.4) is 0 Å². The lowest BCUT2D eigenvalue weighted by molar-refractivity contribution is 0.305. The number of pyridine rings is 1. The van der Waals surface area contributed by atoms with E-state index in [4.69, 9.17) is 11.6 Å². The predicted molar refractivity (Wildman–Crippen MR) is 63.6 cm³/mol. The molecule has 76 valence electrons. The molecule has 2 rings (SSSR count). The molecule has 14 heavy (non-hydrogen) atoms. The molecule has 1 aliphatic rings. The van der Waals surface area contributed by atoms with Crippen LogP contribution in [0.4, 0.5) is 10.2 Å². The van der Waals surface area contributed by atoms with Crippen molar-refractivity contribution in [1.29, 1.82) is 0 Å². The molecule has 0 bridgehead atoms. The summed E-state index contributed by atoms with van der Waals surface area (Å²) in [6.07, 6.45) is 1.73. The summed E-state index contributed by atoms with van der Waals surface area (Å²) in [4.78, 5) is 6.21. The second-order valence-corrected chi connectivity index (χ2v) is 4.90. The number of aromatic nitrogens is 1. The van der Waals surface area contributed by atoms with Gasteiger partial charge in [0.1, 0.15) is 5.82 Å². The lowest BCUT2D eigenvalue weighted by atomic mass is 10.0. The quantitative estimate of drug-likeness (QED) is 0.777. The summed E-state index contributed by atoms with van der Waals surface area (Å²) >= 11 is 8.25. The van der Waals surface area contributed by atoms with E-state index in [1.807, 2.05) is 11.0 Å². The average molecular weight is 327 g/mol. The van der Waals surface area contributed by atoms with E-state index in [0.717, 1.165) is 22.5 Å². The Morgan fingerprint density at radius 2 is 2.36 bits per heavy atom. The summed E-state index contributed by atoms with van der Waals surface area (Å²) in [6, 6.07) is 1.86. The van der Waals surface area contributed by atoms with Gasteiger partial charge in [-0.05, 0) is 28.7 Å². The van der Waals surface area contributed by atoms with Crippen LogP contribution in [0.2, 0.25) is 5.02 Å². The van der Waals surface area contributed by atoms with Gasteiger partial charge in [0, 0.05) is 28.8 Å². The van der Waals surface area contributed by atoms with Crippen LogP contribution in [0.1, 0.15) is 0 Å². The molecular weight excluding hydrogens is 317 g/mol. The first kappa shape index (κ1) is 10.4. The van der Waals surface area contributed by atoms with Gasteiger partial charge in [-0.3, -0.25) is 4.39 Å². The van der Waals surface area contributed by atoms with Gasteiger partial charge in [-0.1, -0.05) is 11.6 Å². The molecule has 0 aliphatic carbocycles. The summed E-state index contributed by atoms with van der Waals surface area (Å²) in [7, 11) is 0. The monoisotopic (exact) mass is 326 g/mol. The van der Waals surface area contributed by atoms with Crippen LogP contribution < -0.4 is 4.90 Å². The SMILES string of the molecule is FCC1CN(c2nccc(I)c2Cl)C1. The van der Waals surface area contributed by atoms with E-state index in [1.54, 1.807) is 6.20 Å².